The van der Waals surface area contributed by atoms with Gasteiger partial charge >= 0.3 is 0 Å². The first-order chi connectivity index (χ1) is 6.11. The van der Waals surface area contributed by atoms with Crippen LogP contribution in [0.15, 0.2) is 0 Å². The topological polar surface area (TPSA) is 49.4 Å². The van der Waals surface area contributed by atoms with Gasteiger partial charge in [-0.25, -0.2) is 0 Å². The Morgan fingerprint density at radius 3 is 2.38 bits per heavy atom. The fraction of sp³-hybridized carbons (Fsp3) is 0.778. The molecule has 0 saturated carbocycles. The van der Waals surface area contributed by atoms with Crippen molar-refractivity contribution in [1.82, 2.24) is 10.2 Å². The highest BCUT2D eigenvalue weighted by atomic mass is 16.2. The predicted octanol–water partition coefficient (Wildman–Crippen LogP) is 0.381. The minimum atomic E-state index is -0.0915. The molecule has 0 fully saturated rings. The third kappa shape index (κ3) is 5.22. The normalized spacial score (nSPS) is 9.46. The monoisotopic (exact) mass is 186 g/mol. The highest BCUT2D eigenvalue weighted by Gasteiger charge is 2.09. The SMILES string of the molecule is CCCNC(=O)CN(C)C(=O)CC. The summed E-state index contributed by atoms with van der Waals surface area (Å²) >= 11 is 0. The Hall–Kier alpha value is -1.06. The zero-order valence-corrected chi connectivity index (χ0v) is 8.59. The molecule has 0 aliphatic rings. The fourth-order valence-corrected chi connectivity index (χ4v) is 0.894. The van der Waals surface area contributed by atoms with Gasteiger partial charge in [0.15, 0.2) is 0 Å². The van der Waals surface area contributed by atoms with Crippen molar-refractivity contribution >= 4 is 11.8 Å². The molecule has 4 nitrogen and oxygen atoms in total. The van der Waals surface area contributed by atoms with Crippen LogP contribution < -0.4 is 5.32 Å². The Morgan fingerprint density at radius 2 is 1.92 bits per heavy atom. The lowest BCUT2D eigenvalue weighted by molar-refractivity contribution is -0.134. The van der Waals surface area contributed by atoms with Crippen molar-refractivity contribution in [2.24, 2.45) is 0 Å². The second-order valence-electron chi connectivity index (χ2n) is 2.95. The molecular formula is C9H18N2O2. The first-order valence-electron chi connectivity index (χ1n) is 4.62. The van der Waals surface area contributed by atoms with Crippen LogP contribution in [-0.2, 0) is 9.59 Å². The lowest BCUT2D eigenvalue weighted by Gasteiger charge is -2.15. The van der Waals surface area contributed by atoms with Crippen molar-refractivity contribution in [3.8, 4) is 0 Å². The molecule has 0 aromatic rings. The van der Waals surface area contributed by atoms with E-state index in [0.717, 1.165) is 6.42 Å². The van der Waals surface area contributed by atoms with Crippen LogP contribution in [0.4, 0.5) is 0 Å². The molecule has 13 heavy (non-hydrogen) atoms. The summed E-state index contributed by atoms with van der Waals surface area (Å²) in [4.78, 5) is 23.6. The van der Waals surface area contributed by atoms with Crippen molar-refractivity contribution in [2.45, 2.75) is 26.7 Å². The van der Waals surface area contributed by atoms with Gasteiger partial charge in [0, 0.05) is 20.0 Å². The molecular weight excluding hydrogens is 168 g/mol. The molecule has 0 atom stereocenters. The lowest BCUT2D eigenvalue weighted by Crippen LogP contribution is -2.38. The molecule has 0 unspecified atom stereocenters. The van der Waals surface area contributed by atoms with E-state index in [9.17, 15) is 9.59 Å². The van der Waals surface area contributed by atoms with E-state index in [4.69, 9.17) is 0 Å². The summed E-state index contributed by atoms with van der Waals surface area (Å²) in [6.07, 6.45) is 1.36. The first-order valence-corrected chi connectivity index (χ1v) is 4.62. The van der Waals surface area contributed by atoms with Crippen LogP contribution in [0, 0.1) is 0 Å². The van der Waals surface area contributed by atoms with Gasteiger partial charge in [-0.3, -0.25) is 9.59 Å². The number of nitrogens with one attached hydrogen (secondary N) is 1. The fourth-order valence-electron chi connectivity index (χ4n) is 0.894. The largest absolute Gasteiger partial charge is 0.355 e. The maximum Gasteiger partial charge on any atom is 0.239 e. The maximum atomic E-state index is 11.1. The van der Waals surface area contributed by atoms with Crippen LogP contribution in [0.5, 0.6) is 0 Å². The summed E-state index contributed by atoms with van der Waals surface area (Å²) in [6, 6.07) is 0. The van der Waals surface area contributed by atoms with Crippen molar-refractivity contribution in [1.29, 1.82) is 0 Å². The summed E-state index contributed by atoms with van der Waals surface area (Å²) in [5.41, 5.74) is 0. The zero-order chi connectivity index (χ0) is 10.3. The van der Waals surface area contributed by atoms with Gasteiger partial charge in [-0.2, -0.15) is 0 Å². The number of nitrogens with zero attached hydrogens (tertiary/aromatic N) is 1. The van der Waals surface area contributed by atoms with Gasteiger partial charge in [0.2, 0.25) is 11.8 Å². The van der Waals surface area contributed by atoms with E-state index in [1.54, 1.807) is 14.0 Å². The van der Waals surface area contributed by atoms with Gasteiger partial charge in [0.25, 0.3) is 0 Å². The summed E-state index contributed by atoms with van der Waals surface area (Å²) < 4.78 is 0. The zero-order valence-electron chi connectivity index (χ0n) is 8.59. The Balaban J connectivity index is 3.71. The third-order valence-corrected chi connectivity index (χ3v) is 1.68. The molecule has 0 heterocycles. The van der Waals surface area contributed by atoms with E-state index >= 15 is 0 Å². The number of rotatable bonds is 5. The smallest absolute Gasteiger partial charge is 0.239 e. The van der Waals surface area contributed by atoms with Gasteiger partial charge in [0.1, 0.15) is 0 Å². The van der Waals surface area contributed by atoms with Crippen molar-refractivity contribution in [2.75, 3.05) is 20.1 Å². The molecule has 0 aliphatic heterocycles. The van der Waals surface area contributed by atoms with Crippen LogP contribution in [0.1, 0.15) is 26.7 Å². The van der Waals surface area contributed by atoms with Crippen LogP contribution in [-0.4, -0.2) is 36.9 Å². The number of carbonyl (C=O) groups excluding carboxylic acids is 2. The summed E-state index contributed by atoms with van der Waals surface area (Å²) in [5.74, 6) is -0.0993. The van der Waals surface area contributed by atoms with Gasteiger partial charge in [-0.15, -0.1) is 0 Å². The third-order valence-electron chi connectivity index (χ3n) is 1.68. The summed E-state index contributed by atoms with van der Waals surface area (Å²) in [6.45, 7) is 4.60. The molecule has 0 radical (unpaired) electrons. The predicted molar refractivity (Wildman–Crippen MR) is 51.2 cm³/mol. The second kappa shape index (κ2) is 6.46. The minimum Gasteiger partial charge on any atom is -0.355 e. The molecule has 0 aliphatic carbocycles. The highest BCUT2D eigenvalue weighted by Crippen LogP contribution is 1.88. The molecule has 0 rings (SSSR count). The number of carbonyl (C=O) groups is 2. The van der Waals surface area contributed by atoms with Crippen LogP contribution in [0.3, 0.4) is 0 Å². The van der Waals surface area contributed by atoms with E-state index in [2.05, 4.69) is 5.32 Å². The molecule has 2 amide bonds. The van der Waals surface area contributed by atoms with Crippen molar-refractivity contribution in [3.63, 3.8) is 0 Å². The number of likely N-dealkylation sites (N-methyl/N-ethyl adjacent to an activating group) is 1. The van der Waals surface area contributed by atoms with E-state index < -0.39 is 0 Å². The summed E-state index contributed by atoms with van der Waals surface area (Å²) in [5, 5.41) is 2.71. The van der Waals surface area contributed by atoms with E-state index in [-0.39, 0.29) is 18.4 Å². The van der Waals surface area contributed by atoms with Gasteiger partial charge < -0.3 is 10.2 Å². The highest BCUT2D eigenvalue weighted by molar-refractivity contribution is 5.84. The van der Waals surface area contributed by atoms with E-state index in [1.807, 2.05) is 6.92 Å². The second-order valence-corrected chi connectivity index (χ2v) is 2.95. The standard InChI is InChI=1S/C9H18N2O2/c1-4-6-10-8(12)7-11(3)9(13)5-2/h4-7H2,1-3H3,(H,10,12). The minimum absolute atomic E-state index is 0.00773. The molecule has 76 valence electrons. The lowest BCUT2D eigenvalue weighted by atomic mass is 10.4. The van der Waals surface area contributed by atoms with Crippen LogP contribution in [0.25, 0.3) is 0 Å². The molecule has 0 aromatic heterocycles. The van der Waals surface area contributed by atoms with E-state index in [0.29, 0.717) is 13.0 Å². The van der Waals surface area contributed by atoms with Crippen LogP contribution >= 0.6 is 0 Å². The van der Waals surface area contributed by atoms with Crippen molar-refractivity contribution < 1.29 is 9.59 Å². The molecule has 1 N–H and O–H groups in total. The average Bonchev–Trinajstić information content (AvgIpc) is 2.13. The van der Waals surface area contributed by atoms with E-state index in [1.165, 1.54) is 4.90 Å². The Kier molecular flexibility index (Phi) is 5.93. The molecule has 0 bridgehead atoms. The van der Waals surface area contributed by atoms with Crippen molar-refractivity contribution in [3.05, 3.63) is 0 Å². The maximum absolute atomic E-state index is 11.1. The number of amides is 2. The molecule has 0 aromatic carbocycles. The van der Waals surface area contributed by atoms with Crippen LogP contribution in [0.2, 0.25) is 0 Å². The Labute approximate surface area is 79.3 Å². The first kappa shape index (κ1) is 11.9. The quantitative estimate of drug-likeness (QED) is 0.675. The van der Waals surface area contributed by atoms with Gasteiger partial charge in [0.05, 0.1) is 6.54 Å². The Bertz CT molecular complexity index is 180. The number of hydrogen-bond donors (Lipinski definition) is 1. The average molecular weight is 186 g/mol. The molecule has 0 spiro atoms. The van der Waals surface area contributed by atoms with Gasteiger partial charge in [-0.05, 0) is 6.42 Å². The van der Waals surface area contributed by atoms with Gasteiger partial charge in [-0.1, -0.05) is 13.8 Å². The number of hydrogen-bond acceptors (Lipinski definition) is 2. The Morgan fingerprint density at radius 1 is 1.31 bits per heavy atom. The summed E-state index contributed by atoms with van der Waals surface area (Å²) in [7, 11) is 1.64. The molecule has 0 saturated heterocycles. The molecule has 4 heteroatoms.